The zero-order chi connectivity index (χ0) is 27.5. The maximum absolute atomic E-state index is 14.2. The van der Waals surface area contributed by atoms with Gasteiger partial charge in [-0.25, -0.2) is 18.2 Å². The van der Waals surface area contributed by atoms with Crippen LogP contribution in [0.3, 0.4) is 0 Å². The van der Waals surface area contributed by atoms with E-state index in [1.807, 2.05) is 6.07 Å². The van der Waals surface area contributed by atoms with Crippen LogP contribution in [0, 0.1) is 11.3 Å². The number of hydrogen-bond donors (Lipinski definition) is 2. The van der Waals surface area contributed by atoms with E-state index < -0.39 is 68.3 Å². The second kappa shape index (κ2) is 8.73. The largest absolute Gasteiger partial charge is 0.465 e. The number of para-hydroxylation sites is 2. The molecule has 1 saturated carbocycles. The lowest BCUT2D eigenvalue weighted by Crippen LogP contribution is -2.49. The number of carbonyl (C=O) groups is 2. The van der Waals surface area contributed by atoms with Crippen LogP contribution in [-0.4, -0.2) is 63.4 Å². The summed E-state index contributed by atoms with van der Waals surface area (Å²) in [5.41, 5.74) is -1.46. The zero-order valence-electron chi connectivity index (χ0n) is 19.5. The van der Waals surface area contributed by atoms with Gasteiger partial charge in [0, 0.05) is 12.2 Å². The van der Waals surface area contributed by atoms with Crippen LogP contribution in [0.1, 0.15) is 24.8 Å². The third-order valence-electron chi connectivity index (χ3n) is 6.88. The predicted molar refractivity (Wildman–Crippen MR) is 126 cm³/mol. The Balaban J connectivity index is 1.51. The molecule has 2 heterocycles. The van der Waals surface area contributed by atoms with E-state index in [-0.39, 0.29) is 5.69 Å². The third-order valence-corrected chi connectivity index (χ3v) is 9.07. The minimum Gasteiger partial charge on any atom is -0.465 e. The van der Waals surface area contributed by atoms with Gasteiger partial charge in [0.2, 0.25) is 5.91 Å². The van der Waals surface area contributed by atoms with Gasteiger partial charge < -0.3 is 10.4 Å². The highest BCUT2D eigenvalue weighted by Gasteiger charge is 2.51. The number of carbonyl (C=O) groups excluding carboxylic acids is 1. The van der Waals surface area contributed by atoms with Crippen molar-refractivity contribution in [2.24, 2.45) is 0 Å². The number of carboxylic acid groups (broad SMARTS) is 1. The number of halogens is 3. The van der Waals surface area contributed by atoms with E-state index in [0.717, 1.165) is 6.07 Å². The van der Waals surface area contributed by atoms with Crippen LogP contribution in [-0.2, 0) is 20.8 Å². The Kier molecular flexibility index (Phi) is 5.86. The van der Waals surface area contributed by atoms with Gasteiger partial charge in [-0.15, -0.1) is 0 Å². The highest BCUT2D eigenvalue weighted by Crippen LogP contribution is 2.40. The topological polar surface area (TPSA) is 145 Å². The van der Waals surface area contributed by atoms with Crippen molar-refractivity contribution in [2.75, 3.05) is 6.54 Å². The van der Waals surface area contributed by atoms with E-state index in [9.17, 15) is 41.5 Å². The van der Waals surface area contributed by atoms with E-state index in [1.54, 1.807) is 24.3 Å². The summed E-state index contributed by atoms with van der Waals surface area (Å²) in [4.78, 5) is 28.3. The molecule has 2 aliphatic rings. The van der Waals surface area contributed by atoms with Crippen molar-refractivity contribution in [2.45, 2.75) is 47.2 Å². The summed E-state index contributed by atoms with van der Waals surface area (Å²) in [5, 5.41) is 19.6. The number of rotatable bonds is 5. The molecule has 3 aromatic rings. The van der Waals surface area contributed by atoms with Gasteiger partial charge in [-0.2, -0.15) is 18.4 Å². The third kappa shape index (κ3) is 4.32. The van der Waals surface area contributed by atoms with Crippen LogP contribution < -0.4 is 5.32 Å². The van der Waals surface area contributed by atoms with Crippen molar-refractivity contribution in [1.82, 2.24) is 19.8 Å². The first kappa shape index (κ1) is 25.5. The number of alkyl halides is 3. The van der Waals surface area contributed by atoms with E-state index in [2.05, 4.69) is 10.3 Å². The summed E-state index contributed by atoms with van der Waals surface area (Å²) in [6.07, 6.45) is -5.14. The second-order valence-electron chi connectivity index (χ2n) is 9.32. The maximum Gasteiger partial charge on any atom is 0.417 e. The number of nitriles is 1. The number of sulfone groups is 1. The van der Waals surface area contributed by atoms with Crippen molar-refractivity contribution in [1.29, 1.82) is 5.26 Å². The Labute approximate surface area is 214 Å². The number of likely N-dealkylation sites (tertiary alicyclic amines) is 1. The summed E-state index contributed by atoms with van der Waals surface area (Å²) >= 11 is 0. The van der Waals surface area contributed by atoms with Gasteiger partial charge in [0.1, 0.15) is 17.9 Å². The molecule has 1 aliphatic heterocycles. The number of imidazole rings is 1. The number of hydrogen-bond acceptors (Lipinski definition) is 6. The van der Waals surface area contributed by atoms with Gasteiger partial charge in [-0.05, 0) is 49.6 Å². The fraction of sp³-hybridized carbons (Fsp3) is 0.333. The number of aromatic nitrogens is 2. The minimum absolute atomic E-state index is 0.0343. The van der Waals surface area contributed by atoms with Gasteiger partial charge >= 0.3 is 12.3 Å². The zero-order valence-corrected chi connectivity index (χ0v) is 20.3. The molecule has 1 aliphatic carbocycles. The molecule has 14 heteroatoms. The van der Waals surface area contributed by atoms with Gasteiger partial charge in [-0.3, -0.25) is 14.3 Å². The number of fused-ring (bicyclic) bond motifs is 1. The Hall–Kier alpha value is -4.12. The normalized spacial score (nSPS) is 20.7. The van der Waals surface area contributed by atoms with Gasteiger partial charge in [-0.1, -0.05) is 12.1 Å². The van der Waals surface area contributed by atoms with Crippen LogP contribution >= 0.6 is 0 Å². The highest BCUT2D eigenvalue weighted by atomic mass is 32.2. The average Bonchev–Trinajstić information content (AvgIpc) is 3.28. The standard InChI is InChI=1S/C24H20F3N5O5S/c25-24(26,27)16-9-14(32-13-29-17-3-1-2-4-18(17)32)5-6-20(16)38(36,37)15-10-19(31(11-15)22(34)35)21(33)30-23(12-28)7-8-23/h1-6,9,13,15,19H,7-8,10-11H2,(H,30,33)(H,34,35)/t15-,19+/m1/s1. The minimum atomic E-state index is -5.05. The van der Waals surface area contributed by atoms with Crippen molar-refractivity contribution in [3.05, 3.63) is 54.4 Å². The Morgan fingerprint density at radius 1 is 1.18 bits per heavy atom. The number of benzene rings is 2. The van der Waals surface area contributed by atoms with E-state index in [0.29, 0.717) is 34.8 Å². The SMILES string of the molecule is N#CC1(NC(=O)[C@@H]2C[C@@H](S(=O)(=O)c3ccc(-n4cnc5ccccc54)cc3C(F)(F)F)CN2C(=O)O)CC1. The predicted octanol–water partition coefficient (Wildman–Crippen LogP) is 3.11. The Morgan fingerprint density at radius 3 is 2.53 bits per heavy atom. The number of amides is 2. The molecule has 1 aromatic heterocycles. The van der Waals surface area contributed by atoms with Crippen molar-refractivity contribution < 1.29 is 36.3 Å². The molecule has 2 fully saturated rings. The molecule has 2 amide bonds. The molecule has 1 saturated heterocycles. The molecule has 2 aromatic carbocycles. The van der Waals surface area contributed by atoms with Gasteiger partial charge in [0.05, 0.1) is 32.8 Å². The molecule has 2 atom stereocenters. The first-order chi connectivity index (χ1) is 17.9. The fourth-order valence-electron chi connectivity index (χ4n) is 4.67. The monoisotopic (exact) mass is 547 g/mol. The Morgan fingerprint density at radius 2 is 1.89 bits per heavy atom. The first-order valence-corrected chi connectivity index (χ1v) is 13.0. The number of nitrogens with one attached hydrogen (secondary N) is 1. The molecule has 10 nitrogen and oxygen atoms in total. The molecular formula is C24H20F3N5O5S. The van der Waals surface area contributed by atoms with E-state index in [1.165, 1.54) is 17.0 Å². The lowest BCUT2D eigenvalue weighted by molar-refractivity contribution is -0.139. The smallest absolute Gasteiger partial charge is 0.417 e. The van der Waals surface area contributed by atoms with Crippen molar-refractivity contribution >= 4 is 32.9 Å². The summed E-state index contributed by atoms with van der Waals surface area (Å²) in [6, 6.07) is 9.96. The molecule has 0 radical (unpaired) electrons. The molecule has 5 rings (SSSR count). The molecule has 198 valence electrons. The van der Waals surface area contributed by atoms with Crippen LogP contribution in [0.2, 0.25) is 0 Å². The first-order valence-electron chi connectivity index (χ1n) is 11.5. The molecule has 0 unspecified atom stereocenters. The van der Waals surface area contributed by atoms with E-state index >= 15 is 0 Å². The average molecular weight is 548 g/mol. The van der Waals surface area contributed by atoms with Crippen molar-refractivity contribution in [3.8, 4) is 11.8 Å². The molecule has 38 heavy (non-hydrogen) atoms. The molecule has 0 spiro atoms. The van der Waals surface area contributed by atoms with Gasteiger partial charge in [0.15, 0.2) is 9.84 Å². The van der Waals surface area contributed by atoms with Crippen LogP contribution in [0.5, 0.6) is 0 Å². The lowest BCUT2D eigenvalue weighted by atomic mass is 10.2. The second-order valence-corrected chi connectivity index (χ2v) is 11.5. The Bertz CT molecular complexity index is 1610. The molecule has 0 bridgehead atoms. The quantitative estimate of drug-likeness (QED) is 0.499. The summed E-state index contributed by atoms with van der Waals surface area (Å²) in [7, 11) is -4.74. The summed E-state index contributed by atoms with van der Waals surface area (Å²) in [6.45, 7) is -0.694. The van der Waals surface area contributed by atoms with Crippen molar-refractivity contribution in [3.63, 3.8) is 0 Å². The van der Waals surface area contributed by atoms with Crippen LogP contribution in [0.4, 0.5) is 18.0 Å². The summed E-state index contributed by atoms with van der Waals surface area (Å²) < 4.78 is 70.8. The maximum atomic E-state index is 14.2. The van der Waals surface area contributed by atoms with Crippen LogP contribution in [0.15, 0.2) is 53.7 Å². The molecule has 2 N–H and O–H groups in total. The fourth-order valence-corrected chi connectivity index (χ4v) is 6.56. The van der Waals surface area contributed by atoms with Gasteiger partial charge in [0.25, 0.3) is 0 Å². The molecular weight excluding hydrogens is 527 g/mol. The number of nitrogens with zero attached hydrogens (tertiary/aromatic N) is 4. The summed E-state index contributed by atoms with van der Waals surface area (Å²) in [5.74, 6) is -0.859. The highest BCUT2D eigenvalue weighted by molar-refractivity contribution is 7.92. The van der Waals surface area contributed by atoms with Crippen LogP contribution in [0.25, 0.3) is 16.7 Å². The van der Waals surface area contributed by atoms with E-state index in [4.69, 9.17) is 0 Å². The lowest BCUT2D eigenvalue weighted by Gasteiger charge is -2.21.